The molecule has 1 aromatic heterocycles. The molecule has 2 heterocycles. The van der Waals surface area contributed by atoms with Gasteiger partial charge in [-0.2, -0.15) is 0 Å². The molecule has 0 bridgehead atoms. The highest BCUT2D eigenvalue weighted by molar-refractivity contribution is 6.30. The summed E-state index contributed by atoms with van der Waals surface area (Å²) < 4.78 is 15.4. The van der Waals surface area contributed by atoms with E-state index in [0.29, 0.717) is 13.0 Å². The zero-order valence-electron chi connectivity index (χ0n) is 16.7. The molecule has 1 fully saturated rings. The summed E-state index contributed by atoms with van der Waals surface area (Å²) in [5.41, 5.74) is -1.99. The largest absolute Gasteiger partial charge is 0.503 e. The summed E-state index contributed by atoms with van der Waals surface area (Å²) in [6, 6.07) is 4.35. The summed E-state index contributed by atoms with van der Waals surface area (Å²) in [7, 11) is 0. The molecule has 0 radical (unpaired) electrons. The lowest BCUT2D eigenvalue weighted by molar-refractivity contribution is 0.0508. The van der Waals surface area contributed by atoms with Gasteiger partial charge in [0, 0.05) is 43.9 Å². The van der Waals surface area contributed by atoms with Crippen LogP contribution in [0.4, 0.5) is 4.39 Å². The lowest BCUT2D eigenvalue weighted by atomic mass is 10.0. The highest BCUT2D eigenvalue weighted by Crippen LogP contribution is 2.52. The average Bonchev–Trinajstić information content (AvgIpc) is 3.44. The second-order valence-electron chi connectivity index (χ2n) is 7.83. The van der Waals surface area contributed by atoms with Crippen molar-refractivity contribution in [2.75, 3.05) is 13.2 Å². The van der Waals surface area contributed by atoms with Crippen molar-refractivity contribution in [1.82, 2.24) is 14.8 Å². The summed E-state index contributed by atoms with van der Waals surface area (Å²) in [5, 5.41) is 22.4. The van der Waals surface area contributed by atoms with Crippen LogP contribution in [0.15, 0.2) is 29.2 Å². The number of nitrogens with zero attached hydrogens (tertiary/aromatic N) is 2. The topological polar surface area (TPSA) is 112 Å². The predicted molar refractivity (Wildman–Crippen MR) is 110 cm³/mol. The molecule has 8 nitrogen and oxygen atoms in total. The predicted octanol–water partition coefficient (Wildman–Crippen LogP) is 1.50. The molecule has 31 heavy (non-hydrogen) atoms. The molecule has 1 aromatic carbocycles. The molecule has 1 unspecified atom stereocenters. The van der Waals surface area contributed by atoms with E-state index < -0.39 is 34.3 Å². The number of carbonyl (C=O) groups excluding carboxylic acids is 2. The molecule has 2 atom stereocenters. The van der Waals surface area contributed by atoms with Crippen LogP contribution in [0.1, 0.15) is 39.8 Å². The Morgan fingerprint density at radius 2 is 2.13 bits per heavy atom. The molecule has 1 aliphatic heterocycles. The summed E-state index contributed by atoms with van der Waals surface area (Å²) in [4.78, 5) is 39.8. The minimum atomic E-state index is -0.981. The van der Waals surface area contributed by atoms with Crippen LogP contribution in [0.5, 0.6) is 5.75 Å². The van der Waals surface area contributed by atoms with E-state index in [-0.39, 0.29) is 47.5 Å². The Bertz CT molecular complexity index is 1150. The van der Waals surface area contributed by atoms with E-state index in [1.807, 2.05) is 0 Å². The molecule has 1 spiro atoms. The molecule has 164 valence electrons. The number of halogens is 2. The number of pyridine rings is 1. The van der Waals surface area contributed by atoms with Crippen molar-refractivity contribution in [2.45, 2.75) is 32.0 Å². The number of aromatic nitrogens is 1. The van der Waals surface area contributed by atoms with Crippen LogP contribution in [0, 0.1) is 11.7 Å². The third-order valence-electron chi connectivity index (χ3n) is 6.14. The first-order valence-electron chi connectivity index (χ1n) is 9.85. The molecule has 0 saturated heterocycles. The number of nitrogens with one attached hydrogen (secondary N) is 1. The molecule has 2 aliphatic rings. The SMILES string of the molecule is CCN1C(=O)c2c(O)c(=O)c(C(=O)NCc3cccc(Cl)c3F)cn2C[C@]12CC2CO. The van der Waals surface area contributed by atoms with Gasteiger partial charge in [-0.25, -0.2) is 4.39 Å². The van der Waals surface area contributed by atoms with Gasteiger partial charge in [0.2, 0.25) is 5.43 Å². The maximum atomic E-state index is 14.0. The first-order valence-corrected chi connectivity index (χ1v) is 10.2. The van der Waals surface area contributed by atoms with Crippen LogP contribution in [0.3, 0.4) is 0 Å². The van der Waals surface area contributed by atoms with Gasteiger partial charge in [-0.05, 0) is 19.4 Å². The monoisotopic (exact) mass is 449 g/mol. The Balaban J connectivity index is 1.66. The third-order valence-corrected chi connectivity index (χ3v) is 6.43. The summed E-state index contributed by atoms with van der Waals surface area (Å²) in [6.07, 6.45) is 1.82. The van der Waals surface area contributed by atoms with Gasteiger partial charge in [-0.15, -0.1) is 0 Å². The molecular formula is C21H21ClFN3O5. The van der Waals surface area contributed by atoms with Crippen molar-refractivity contribution >= 4 is 23.4 Å². The van der Waals surface area contributed by atoms with E-state index in [1.54, 1.807) is 11.8 Å². The number of carbonyl (C=O) groups is 2. The Kier molecular flexibility index (Phi) is 5.26. The number of aliphatic hydroxyl groups is 1. The lowest BCUT2D eigenvalue weighted by Gasteiger charge is -2.38. The van der Waals surface area contributed by atoms with Crippen LogP contribution in [0.25, 0.3) is 0 Å². The van der Waals surface area contributed by atoms with Crippen molar-refractivity contribution in [3.05, 3.63) is 62.3 Å². The van der Waals surface area contributed by atoms with Gasteiger partial charge in [0.05, 0.1) is 10.6 Å². The number of hydrogen-bond donors (Lipinski definition) is 3. The van der Waals surface area contributed by atoms with Crippen LogP contribution in [0.2, 0.25) is 5.02 Å². The fourth-order valence-electron chi connectivity index (χ4n) is 4.41. The van der Waals surface area contributed by atoms with Crippen LogP contribution in [-0.4, -0.2) is 50.2 Å². The molecule has 10 heteroatoms. The van der Waals surface area contributed by atoms with E-state index in [9.17, 15) is 29.0 Å². The quantitative estimate of drug-likeness (QED) is 0.640. The number of fused-ring (bicyclic) bond motifs is 1. The smallest absolute Gasteiger partial charge is 0.275 e. The number of rotatable bonds is 5. The van der Waals surface area contributed by atoms with Crippen molar-refractivity contribution in [3.8, 4) is 5.75 Å². The molecule has 2 amide bonds. The highest BCUT2D eigenvalue weighted by Gasteiger charge is 2.61. The van der Waals surface area contributed by atoms with Gasteiger partial charge in [0.15, 0.2) is 11.4 Å². The van der Waals surface area contributed by atoms with Crippen molar-refractivity contribution in [2.24, 2.45) is 5.92 Å². The maximum absolute atomic E-state index is 14.0. The number of aromatic hydroxyl groups is 1. The van der Waals surface area contributed by atoms with Crippen LogP contribution in [-0.2, 0) is 13.1 Å². The van der Waals surface area contributed by atoms with E-state index in [0.717, 1.165) is 0 Å². The van der Waals surface area contributed by atoms with Gasteiger partial charge in [0.25, 0.3) is 11.8 Å². The Labute approximate surface area is 181 Å². The minimum absolute atomic E-state index is 0.0922. The van der Waals surface area contributed by atoms with Crippen molar-refractivity contribution < 1.29 is 24.2 Å². The average molecular weight is 450 g/mol. The van der Waals surface area contributed by atoms with E-state index in [1.165, 1.54) is 29.0 Å². The van der Waals surface area contributed by atoms with Crippen molar-refractivity contribution in [3.63, 3.8) is 0 Å². The van der Waals surface area contributed by atoms with Gasteiger partial charge < -0.3 is 25.0 Å². The normalized spacial score (nSPS) is 21.9. The number of amides is 2. The standard InChI is InChI=1S/C21H21ClFN3O5/c1-2-26-20(31)16-18(29)17(28)13(8-25(16)10-21(26)6-12(21)9-27)19(30)24-7-11-4-3-5-14(22)15(11)23/h3-5,8,12,27,29H,2,6-7,9-10H2,1H3,(H,24,30)/t12?,21-/m0/s1. The third kappa shape index (κ3) is 3.28. The zero-order chi connectivity index (χ0) is 22.5. The number of aliphatic hydroxyl groups excluding tert-OH is 1. The van der Waals surface area contributed by atoms with Gasteiger partial charge >= 0.3 is 0 Å². The fraction of sp³-hybridized carbons (Fsp3) is 0.381. The molecular weight excluding hydrogens is 429 g/mol. The second kappa shape index (κ2) is 7.65. The zero-order valence-corrected chi connectivity index (χ0v) is 17.4. The van der Waals surface area contributed by atoms with Crippen LogP contribution >= 0.6 is 11.6 Å². The Hall–Kier alpha value is -2.91. The fourth-order valence-corrected chi connectivity index (χ4v) is 4.61. The molecule has 3 N–H and O–H groups in total. The highest BCUT2D eigenvalue weighted by atomic mass is 35.5. The molecule has 1 aliphatic carbocycles. The van der Waals surface area contributed by atoms with E-state index >= 15 is 0 Å². The Morgan fingerprint density at radius 3 is 2.77 bits per heavy atom. The number of hydrogen-bond acceptors (Lipinski definition) is 5. The van der Waals surface area contributed by atoms with E-state index in [4.69, 9.17) is 11.6 Å². The van der Waals surface area contributed by atoms with Crippen LogP contribution < -0.4 is 10.7 Å². The first kappa shape index (κ1) is 21.3. The van der Waals surface area contributed by atoms with Crippen molar-refractivity contribution in [1.29, 1.82) is 0 Å². The summed E-state index contributed by atoms with van der Waals surface area (Å²) >= 11 is 5.74. The molecule has 4 rings (SSSR count). The number of likely N-dealkylation sites (N-methyl/N-ethyl adjacent to an activating group) is 1. The van der Waals surface area contributed by atoms with Gasteiger partial charge in [0.1, 0.15) is 11.4 Å². The molecule has 2 aromatic rings. The minimum Gasteiger partial charge on any atom is -0.503 e. The van der Waals surface area contributed by atoms with E-state index in [2.05, 4.69) is 5.32 Å². The molecule has 1 saturated carbocycles. The summed E-state index contributed by atoms with van der Waals surface area (Å²) in [6.45, 7) is 2.07. The number of benzene rings is 1. The maximum Gasteiger partial charge on any atom is 0.275 e. The first-order chi connectivity index (χ1) is 14.7. The van der Waals surface area contributed by atoms with Gasteiger partial charge in [-0.3, -0.25) is 14.4 Å². The van der Waals surface area contributed by atoms with Gasteiger partial charge in [-0.1, -0.05) is 23.7 Å². The second-order valence-corrected chi connectivity index (χ2v) is 8.24. The summed E-state index contributed by atoms with van der Waals surface area (Å²) in [5.74, 6) is -2.93. The Morgan fingerprint density at radius 1 is 1.39 bits per heavy atom. The lowest BCUT2D eigenvalue weighted by Crippen LogP contribution is -2.52.